The number of rotatable bonds is 6. The first-order valence-electron chi connectivity index (χ1n) is 9.61. The number of hydrogen-bond acceptors (Lipinski definition) is 6. The Hall–Kier alpha value is -2.94. The predicted molar refractivity (Wildman–Crippen MR) is 119 cm³/mol. The quantitative estimate of drug-likeness (QED) is 0.441. The lowest BCUT2D eigenvalue weighted by atomic mass is 10.1. The highest BCUT2D eigenvalue weighted by atomic mass is 32.2. The normalized spacial score (nSPS) is 11.3. The minimum Gasteiger partial charge on any atom is -0.315 e. The van der Waals surface area contributed by atoms with Crippen molar-refractivity contribution in [2.45, 2.75) is 25.3 Å². The van der Waals surface area contributed by atoms with Gasteiger partial charge in [-0.05, 0) is 18.1 Å². The van der Waals surface area contributed by atoms with E-state index in [-0.39, 0.29) is 17.0 Å². The number of carbonyl (C=O) groups is 1. The molecule has 0 spiro atoms. The first kappa shape index (κ1) is 21.8. The van der Waals surface area contributed by atoms with Gasteiger partial charge in [0.25, 0.3) is 5.56 Å². The summed E-state index contributed by atoms with van der Waals surface area (Å²) in [7, 11) is 4.72. The third kappa shape index (κ3) is 4.30. The fourth-order valence-electron chi connectivity index (χ4n) is 3.06. The second-order valence-electron chi connectivity index (χ2n) is 7.52. The molecule has 3 aromatic rings. The number of aromatic nitrogens is 4. The lowest BCUT2D eigenvalue weighted by Crippen LogP contribution is -2.38. The van der Waals surface area contributed by atoms with Crippen LogP contribution in [-0.4, -0.2) is 37.8 Å². The largest absolute Gasteiger partial charge is 0.332 e. The minimum absolute atomic E-state index is 0.102. The third-order valence-electron chi connectivity index (χ3n) is 4.75. The van der Waals surface area contributed by atoms with Crippen LogP contribution in [0.1, 0.15) is 19.7 Å². The van der Waals surface area contributed by atoms with E-state index in [9.17, 15) is 14.4 Å². The molecule has 3 rings (SSSR count). The van der Waals surface area contributed by atoms with Crippen LogP contribution in [0.15, 0.2) is 44.9 Å². The Bertz CT molecular complexity index is 1200. The summed E-state index contributed by atoms with van der Waals surface area (Å²) in [5, 5.41) is 0.675. The molecule has 0 fully saturated rings. The molecule has 30 heavy (non-hydrogen) atoms. The molecule has 0 unspecified atom stereocenters. The van der Waals surface area contributed by atoms with Gasteiger partial charge in [-0.1, -0.05) is 43.8 Å². The van der Waals surface area contributed by atoms with Gasteiger partial charge in [0, 0.05) is 33.3 Å². The van der Waals surface area contributed by atoms with E-state index in [1.165, 1.54) is 23.4 Å². The first-order chi connectivity index (χ1) is 14.2. The second-order valence-corrected chi connectivity index (χ2v) is 8.49. The molecule has 1 amide bonds. The maximum atomic E-state index is 12.8. The van der Waals surface area contributed by atoms with Crippen LogP contribution in [0.4, 0.5) is 5.69 Å². The molecule has 2 heterocycles. The van der Waals surface area contributed by atoms with Crippen LogP contribution >= 0.6 is 11.8 Å². The molecule has 0 bridgehead atoms. The number of thioether (sulfide) groups is 1. The molecular weight excluding hydrogens is 402 g/mol. The van der Waals surface area contributed by atoms with Crippen LogP contribution in [0.5, 0.6) is 0 Å². The number of carbonyl (C=O) groups excluding carboxylic acids is 1. The number of para-hydroxylation sites is 1. The van der Waals surface area contributed by atoms with Gasteiger partial charge in [-0.3, -0.25) is 18.7 Å². The van der Waals surface area contributed by atoms with Crippen LogP contribution < -0.4 is 16.1 Å². The highest BCUT2D eigenvalue weighted by Crippen LogP contribution is 2.24. The van der Waals surface area contributed by atoms with Crippen LogP contribution in [0.2, 0.25) is 0 Å². The van der Waals surface area contributed by atoms with E-state index in [4.69, 9.17) is 0 Å². The van der Waals surface area contributed by atoms with E-state index >= 15 is 0 Å². The van der Waals surface area contributed by atoms with Gasteiger partial charge in [0.05, 0.1) is 5.75 Å². The molecule has 0 N–H and O–H groups in total. The molecule has 0 saturated heterocycles. The molecule has 9 heteroatoms. The van der Waals surface area contributed by atoms with Crippen LogP contribution in [0.25, 0.3) is 11.0 Å². The van der Waals surface area contributed by atoms with Gasteiger partial charge in [-0.25, -0.2) is 14.8 Å². The molecule has 0 aliphatic rings. The van der Waals surface area contributed by atoms with Crippen LogP contribution in [-0.2, 0) is 25.3 Å². The Morgan fingerprint density at radius 2 is 1.77 bits per heavy atom. The van der Waals surface area contributed by atoms with E-state index in [2.05, 4.69) is 9.97 Å². The molecular formula is C21H25N5O3S. The van der Waals surface area contributed by atoms with Gasteiger partial charge in [0.1, 0.15) is 16.2 Å². The Morgan fingerprint density at radius 3 is 2.40 bits per heavy atom. The highest BCUT2D eigenvalue weighted by Gasteiger charge is 2.20. The molecule has 1 aromatic carbocycles. The average molecular weight is 428 g/mol. The van der Waals surface area contributed by atoms with Crippen molar-refractivity contribution in [2.75, 3.05) is 17.7 Å². The zero-order chi connectivity index (χ0) is 22.0. The first-order valence-corrected chi connectivity index (χ1v) is 10.6. The monoisotopic (exact) mass is 427 g/mol. The Morgan fingerprint density at radius 1 is 1.10 bits per heavy atom. The number of amides is 1. The molecule has 2 aromatic heterocycles. The fourth-order valence-corrected chi connectivity index (χ4v) is 4.00. The van der Waals surface area contributed by atoms with E-state index in [1.807, 2.05) is 44.2 Å². The summed E-state index contributed by atoms with van der Waals surface area (Å²) in [6.07, 6.45) is 0.602. The summed E-state index contributed by atoms with van der Waals surface area (Å²) >= 11 is 1.19. The van der Waals surface area contributed by atoms with E-state index in [0.29, 0.717) is 28.8 Å². The Balaban J connectivity index is 2.02. The Kier molecular flexibility index (Phi) is 6.40. The van der Waals surface area contributed by atoms with Gasteiger partial charge in [0.15, 0.2) is 5.65 Å². The van der Waals surface area contributed by atoms with Crippen molar-refractivity contribution in [3.05, 3.63) is 57.0 Å². The van der Waals surface area contributed by atoms with Crippen molar-refractivity contribution in [3.63, 3.8) is 0 Å². The fraction of sp³-hybridized carbons (Fsp3) is 0.381. The number of hydrogen-bond donors (Lipinski definition) is 0. The molecule has 0 radical (unpaired) electrons. The lowest BCUT2D eigenvalue weighted by Gasteiger charge is -2.17. The zero-order valence-corrected chi connectivity index (χ0v) is 18.6. The van der Waals surface area contributed by atoms with E-state index < -0.39 is 11.2 Å². The van der Waals surface area contributed by atoms with Crippen molar-refractivity contribution in [1.82, 2.24) is 19.1 Å². The molecule has 8 nitrogen and oxygen atoms in total. The molecule has 0 aliphatic carbocycles. The SMILES string of the molecule is CC(C)Cc1nc(SCC(=O)N(C)c2ccccc2)c2c(=O)n(C)c(=O)n(C)c2n1. The van der Waals surface area contributed by atoms with Crippen LogP contribution in [0, 0.1) is 5.92 Å². The number of benzene rings is 1. The van der Waals surface area contributed by atoms with Gasteiger partial charge in [0.2, 0.25) is 5.91 Å². The minimum atomic E-state index is -0.462. The molecule has 158 valence electrons. The van der Waals surface area contributed by atoms with E-state index in [1.54, 1.807) is 19.0 Å². The van der Waals surface area contributed by atoms with Gasteiger partial charge in [-0.2, -0.15) is 0 Å². The maximum absolute atomic E-state index is 12.8. The maximum Gasteiger partial charge on any atom is 0.332 e. The molecule has 0 atom stereocenters. The number of aryl methyl sites for hydroxylation is 1. The highest BCUT2D eigenvalue weighted by molar-refractivity contribution is 8.00. The zero-order valence-electron chi connectivity index (χ0n) is 17.7. The summed E-state index contributed by atoms with van der Waals surface area (Å²) in [5.41, 5.74) is 0.169. The van der Waals surface area contributed by atoms with Crippen molar-refractivity contribution in [1.29, 1.82) is 0 Å². The number of nitrogens with zero attached hydrogens (tertiary/aromatic N) is 5. The molecule has 0 saturated carbocycles. The van der Waals surface area contributed by atoms with Gasteiger partial charge >= 0.3 is 5.69 Å². The summed E-state index contributed by atoms with van der Waals surface area (Å²) in [4.78, 5) is 48.5. The standard InChI is InChI=1S/C21H25N5O3S/c1-13(2)11-15-22-18-17(20(28)26(5)21(29)25(18)4)19(23-15)30-12-16(27)24(3)14-9-7-6-8-10-14/h6-10,13H,11-12H2,1-5H3. The van der Waals surface area contributed by atoms with Crippen molar-refractivity contribution in [2.24, 2.45) is 20.0 Å². The molecule has 0 aliphatic heterocycles. The summed E-state index contributed by atoms with van der Waals surface area (Å²) in [6.45, 7) is 4.09. The summed E-state index contributed by atoms with van der Waals surface area (Å²) in [5.74, 6) is 0.830. The van der Waals surface area contributed by atoms with Gasteiger partial charge in [-0.15, -0.1) is 0 Å². The predicted octanol–water partition coefficient (Wildman–Crippen LogP) is 1.98. The average Bonchev–Trinajstić information content (AvgIpc) is 2.73. The lowest BCUT2D eigenvalue weighted by molar-refractivity contribution is -0.115. The van der Waals surface area contributed by atoms with Crippen molar-refractivity contribution < 1.29 is 4.79 Å². The Labute approximate surface area is 178 Å². The van der Waals surface area contributed by atoms with E-state index in [0.717, 1.165) is 10.3 Å². The summed E-state index contributed by atoms with van der Waals surface area (Å²) < 4.78 is 2.39. The smallest absolute Gasteiger partial charge is 0.315 e. The number of anilines is 1. The number of fused-ring (bicyclic) bond motifs is 1. The van der Waals surface area contributed by atoms with Crippen molar-refractivity contribution in [3.8, 4) is 0 Å². The van der Waals surface area contributed by atoms with Gasteiger partial charge < -0.3 is 4.90 Å². The van der Waals surface area contributed by atoms with Crippen molar-refractivity contribution >= 4 is 34.4 Å². The third-order valence-corrected chi connectivity index (χ3v) is 5.71. The second kappa shape index (κ2) is 8.83. The van der Waals surface area contributed by atoms with Crippen LogP contribution in [0.3, 0.4) is 0 Å². The topological polar surface area (TPSA) is 90.1 Å². The summed E-state index contributed by atoms with van der Waals surface area (Å²) in [6, 6.07) is 9.34.